The highest BCUT2D eigenvalue weighted by molar-refractivity contribution is 5.98. The van der Waals surface area contributed by atoms with Crippen LogP contribution in [0.5, 0.6) is 5.75 Å². The number of unbranched alkanes of at least 4 members (excludes halogenated alkanes) is 2. The average Bonchev–Trinajstić information content (AvgIpc) is 2.76. The van der Waals surface area contributed by atoms with Gasteiger partial charge in [-0.25, -0.2) is 9.59 Å². The van der Waals surface area contributed by atoms with E-state index < -0.39 is 11.9 Å². The van der Waals surface area contributed by atoms with Gasteiger partial charge in [0, 0.05) is 5.56 Å². The zero-order valence-corrected chi connectivity index (χ0v) is 16.8. The third kappa shape index (κ3) is 4.87. The first-order valence-corrected chi connectivity index (χ1v) is 9.94. The first-order chi connectivity index (χ1) is 14.5. The molecule has 0 aliphatic heterocycles. The number of para-hydroxylation sites is 1. The van der Waals surface area contributed by atoms with E-state index >= 15 is 0 Å². The second-order valence-electron chi connectivity index (χ2n) is 7.00. The predicted octanol–water partition coefficient (Wildman–Crippen LogP) is 5.99. The van der Waals surface area contributed by atoms with Crippen LogP contribution in [0.2, 0.25) is 0 Å². The topological polar surface area (TPSA) is 83.8 Å². The Kier molecular flexibility index (Phi) is 6.86. The summed E-state index contributed by atoms with van der Waals surface area (Å²) in [4.78, 5) is 23.0. The molecule has 0 saturated carbocycles. The number of rotatable bonds is 9. The normalized spacial score (nSPS) is 10.6. The lowest BCUT2D eigenvalue weighted by atomic mass is 9.94. The maximum Gasteiger partial charge on any atom is 0.336 e. The van der Waals surface area contributed by atoms with Gasteiger partial charge in [0.2, 0.25) is 0 Å². The van der Waals surface area contributed by atoms with Crippen molar-refractivity contribution in [3.63, 3.8) is 0 Å². The Morgan fingerprint density at radius 1 is 0.800 bits per heavy atom. The molecule has 0 spiro atoms. The molecule has 0 aliphatic rings. The minimum Gasteiger partial charge on any atom is -0.493 e. The molecule has 3 aromatic carbocycles. The van der Waals surface area contributed by atoms with Gasteiger partial charge in [-0.3, -0.25) is 0 Å². The highest BCUT2D eigenvalue weighted by atomic mass is 16.5. The number of carbonyl (C=O) groups is 2. The third-order valence-corrected chi connectivity index (χ3v) is 4.90. The molecule has 0 aliphatic carbocycles. The SMILES string of the molecule is CCCCCOc1ccccc1-c1ccc(-c2ccc(C(=O)O)cc2)c(C(=O)O)c1. The zero-order chi connectivity index (χ0) is 21.5. The molecule has 0 fully saturated rings. The van der Waals surface area contributed by atoms with E-state index in [9.17, 15) is 14.7 Å². The highest BCUT2D eigenvalue weighted by Gasteiger charge is 2.16. The fourth-order valence-electron chi connectivity index (χ4n) is 3.30. The van der Waals surface area contributed by atoms with Crippen molar-refractivity contribution in [3.8, 4) is 28.0 Å². The summed E-state index contributed by atoms with van der Waals surface area (Å²) in [5.74, 6) is -1.34. The molecular formula is C25H24O5. The molecule has 3 rings (SSSR count). The van der Waals surface area contributed by atoms with Crippen molar-refractivity contribution in [2.24, 2.45) is 0 Å². The molecule has 0 bridgehead atoms. The maximum atomic E-state index is 12.0. The van der Waals surface area contributed by atoms with Crippen molar-refractivity contribution < 1.29 is 24.5 Å². The van der Waals surface area contributed by atoms with Gasteiger partial charge in [0.15, 0.2) is 0 Å². The molecule has 154 valence electrons. The summed E-state index contributed by atoms with van der Waals surface area (Å²) in [6.45, 7) is 2.75. The van der Waals surface area contributed by atoms with Crippen LogP contribution in [0.15, 0.2) is 66.7 Å². The summed E-state index contributed by atoms with van der Waals surface area (Å²) in [6.07, 6.45) is 3.18. The van der Waals surface area contributed by atoms with Gasteiger partial charge >= 0.3 is 11.9 Å². The molecule has 30 heavy (non-hydrogen) atoms. The van der Waals surface area contributed by atoms with E-state index in [0.717, 1.165) is 36.1 Å². The monoisotopic (exact) mass is 404 g/mol. The third-order valence-electron chi connectivity index (χ3n) is 4.90. The summed E-state index contributed by atoms with van der Waals surface area (Å²) in [7, 11) is 0. The zero-order valence-electron chi connectivity index (χ0n) is 16.8. The first kappa shape index (κ1) is 21.1. The number of hydrogen-bond donors (Lipinski definition) is 2. The Labute approximate surface area is 175 Å². The lowest BCUT2D eigenvalue weighted by molar-refractivity contribution is 0.0686. The van der Waals surface area contributed by atoms with Gasteiger partial charge in [0.05, 0.1) is 17.7 Å². The van der Waals surface area contributed by atoms with Crippen LogP contribution in [0, 0.1) is 0 Å². The summed E-state index contributed by atoms with van der Waals surface area (Å²) >= 11 is 0. The lowest BCUT2D eigenvalue weighted by Crippen LogP contribution is -2.02. The molecule has 5 heteroatoms. The molecule has 0 amide bonds. The molecule has 2 N–H and O–H groups in total. The Morgan fingerprint density at radius 2 is 1.50 bits per heavy atom. The predicted molar refractivity (Wildman–Crippen MR) is 116 cm³/mol. The Hall–Kier alpha value is -3.60. The highest BCUT2D eigenvalue weighted by Crippen LogP contribution is 2.34. The van der Waals surface area contributed by atoms with E-state index in [1.807, 2.05) is 30.3 Å². The van der Waals surface area contributed by atoms with Crippen LogP contribution in [0.3, 0.4) is 0 Å². The minimum atomic E-state index is -1.05. The molecule has 0 atom stereocenters. The van der Waals surface area contributed by atoms with E-state index in [-0.39, 0.29) is 11.1 Å². The lowest BCUT2D eigenvalue weighted by Gasteiger charge is -2.14. The van der Waals surface area contributed by atoms with Crippen molar-refractivity contribution in [2.45, 2.75) is 26.2 Å². The largest absolute Gasteiger partial charge is 0.493 e. The molecule has 3 aromatic rings. The number of aromatic carboxylic acids is 2. The Bertz CT molecular complexity index is 1040. The number of carboxylic acids is 2. The Balaban J connectivity index is 1.96. The van der Waals surface area contributed by atoms with Crippen LogP contribution in [-0.4, -0.2) is 28.8 Å². The standard InChI is InChI=1S/C25H24O5/c1-2-3-6-15-30-23-8-5-4-7-21(23)19-13-14-20(22(16-19)25(28)29)17-9-11-18(12-10-17)24(26)27/h4-5,7-14,16H,2-3,6,15H2,1H3,(H,26,27)(H,28,29). The summed E-state index contributed by atoms with van der Waals surface area (Å²) in [5, 5.41) is 18.8. The van der Waals surface area contributed by atoms with Gasteiger partial charge < -0.3 is 14.9 Å². The number of benzene rings is 3. The second-order valence-corrected chi connectivity index (χ2v) is 7.00. The van der Waals surface area contributed by atoms with Crippen molar-refractivity contribution in [2.75, 3.05) is 6.61 Å². The van der Waals surface area contributed by atoms with E-state index in [2.05, 4.69) is 6.92 Å². The van der Waals surface area contributed by atoms with Crippen LogP contribution in [0.1, 0.15) is 46.9 Å². The fourth-order valence-corrected chi connectivity index (χ4v) is 3.30. The van der Waals surface area contributed by atoms with Crippen molar-refractivity contribution >= 4 is 11.9 Å². The summed E-state index contributed by atoms with van der Waals surface area (Å²) < 4.78 is 5.94. The number of ether oxygens (including phenoxy) is 1. The summed E-state index contributed by atoms with van der Waals surface area (Å²) in [5.41, 5.74) is 3.07. The fraction of sp³-hybridized carbons (Fsp3) is 0.200. The van der Waals surface area contributed by atoms with Crippen LogP contribution < -0.4 is 4.74 Å². The van der Waals surface area contributed by atoms with Gasteiger partial charge in [0.1, 0.15) is 5.75 Å². The molecule has 0 saturated heterocycles. The van der Waals surface area contributed by atoms with E-state index in [1.165, 1.54) is 12.1 Å². The van der Waals surface area contributed by atoms with Crippen molar-refractivity contribution in [3.05, 3.63) is 77.9 Å². The summed E-state index contributed by atoms with van der Waals surface area (Å²) in [6, 6.07) is 19.0. The van der Waals surface area contributed by atoms with Gasteiger partial charge in [-0.2, -0.15) is 0 Å². The van der Waals surface area contributed by atoms with Gasteiger partial charge in [-0.1, -0.05) is 62.2 Å². The van der Waals surface area contributed by atoms with E-state index in [1.54, 1.807) is 24.3 Å². The first-order valence-electron chi connectivity index (χ1n) is 9.94. The maximum absolute atomic E-state index is 12.0. The molecule has 0 aromatic heterocycles. The average molecular weight is 404 g/mol. The van der Waals surface area contributed by atoms with Crippen molar-refractivity contribution in [1.82, 2.24) is 0 Å². The van der Waals surface area contributed by atoms with E-state index in [0.29, 0.717) is 17.7 Å². The van der Waals surface area contributed by atoms with Crippen molar-refractivity contribution in [1.29, 1.82) is 0 Å². The van der Waals surface area contributed by atoms with Crippen LogP contribution in [0.25, 0.3) is 22.3 Å². The molecular weight excluding hydrogens is 380 g/mol. The van der Waals surface area contributed by atoms with E-state index in [4.69, 9.17) is 9.84 Å². The van der Waals surface area contributed by atoms with Gasteiger partial charge in [0.25, 0.3) is 0 Å². The number of carboxylic acid groups (broad SMARTS) is 2. The van der Waals surface area contributed by atoms with Gasteiger partial charge in [-0.15, -0.1) is 0 Å². The smallest absolute Gasteiger partial charge is 0.336 e. The molecule has 0 radical (unpaired) electrons. The minimum absolute atomic E-state index is 0.149. The molecule has 0 heterocycles. The Morgan fingerprint density at radius 3 is 2.17 bits per heavy atom. The molecule has 5 nitrogen and oxygen atoms in total. The quantitative estimate of drug-likeness (QED) is 0.428. The van der Waals surface area contributed by atoms with Crippen LogP contribution in [-0.2, 0) is 0 Å². The van der Waals surface area contributed by atoms with Crippen LogP contribution >= 0.6 is 0 Å². The molecule has 0 unspecified atom stereocenters. The van der Waals surface area contributed by atoms with Crippen LogP contribution in [0.4, 0.5) is 0 Å². The van der Waals surface area contributed by atoms with Gasteiger partial charge in [-0.05, 0) is 47.4 Å². The number of hydrogen-bond acceptors (Lipinski definition) is 3. The second kappa shape index (κ2) is 9.74.